The number of amides is 4. The van der Waals surface area contributed by atoms with E-state index in [-0.39, 0.29) is 36.3 Å². The van der Waals surface area contributed by atoms with Gasteiger partial charge in [-0.25, -0.2) is 9.69 Å². The van der Waals surface area contributed by atoms with Crippen LogP contribution in [0.3, 0.4) is 0 Å². The second-order valence-electron chi connectivity index (χ2n) is 7.09. The summed E-state index contributed by atoms with van der Waals surface area (Å²) < 4.78 is 0. The topological polar surface area (TPSA) is 81.8 Å². The molecule has 2 heterocycles. The van der Waals surface area contributed by atoms with Crippen LogP contribution in [0.4, 0.5) is 4.79 Å². The van der Waals surface area contributed by atoms with Crippen LogP contribution in [-0.4, -0.2) is 64.4 Å². The number of nitrogens with one attached hydrogen (secondary N) is 2. The summed E-state index contributed by atoms with van der Waals surface area (Å²) in [6.45, 7) is 7.02. The Morgan fingerprint density at radius 3 is 2.50 bits per heavy atom. The first kappa shape index (κ1) is 19.0. The Kier molecular flexibility index (Phi) is 5.44. The van der Waals surface area contributed by atoms with Gasteiger partial charge in [0.05, 0.1) is 0 Å². The van der Waals surface area contributed by atoms with Crippen LogP contribution in [0.5, 0.6) is 0 Å². The van der Waals surface area contributed by atoms with Crippen molar-refractivity contribution >= 4 is 30.3 Å². The first-order valence-corrected chi connectivity index (χ1v) is 8.57. The minimum absolute atomic E-state index is 0. The fourth-order valence-corrected chi connectivity index (χ4v) is 4.03. The van der Waals surface area contributed by atoms with Gasteiger partial charge in [-0.2, -0.15) is 0 Å². The Labute approximate surface area is 148 Å². The van der Waals surface area contributed by atoms with E-state index in [1.807, 2.05) is 13.8 Å². The number of hydrogen-bond acceptors (Lipinski definition) is 4. The van der Waals surface area contributed by atoms with Gasteiger partial charge in [0.2, 0.25) is 5.91 Å². The number of imide groups is 1. The standard InChI is InChI=1S/C16H26N4O3.ClH/c1-10-11(2)19(9-8-17-10)13(21)12(3)20-14(22)16(18-15(20)23)6-4-5-7-16;/h10-12,17H,4-9H2,1-3H3,(H,18,23);1H. The molecular weight excluding hydrogens is 332 g/mol. The van der Waals surface area contributed by atoms with Crippen molar-refractivity contribution in [3.8, 4) is 0 Å². The average Bonchev–Trinajstić information content (AvgIpc) is 3.07. The number of nitrogens with zero attached hydrogens (tertiary/aromatic N) is 2. The highest BCUT2D eigenvalue weighted by atomic mass is 35.5. The molecule has 2 N–H and O–H groups in total. The van der Waals surface area contributed by atoms with E-state index in [4.69, 9.17) is 0 Å². The van der Waals surface area contributed by atoms with E-state index in [9.17, 15) is 14.4 Å². The van der Waals surface area contributed by atoms with Crippen molar-refractivity contribution in [1.82, 2.24) is 20.4 Å². The van der Waals surface area contributed by atoms with Crippen LogP contribution in [0.25, 0.3) is 0 Å². The van der Waals surface area contributed by atoms with Gasteiger partial charge in [-0.05, 0) is 33.6 Å². The molecule has 2 aliphatic heterocycles. The molecular formula is C16H27ClN4O3. The molecule has 3 unspecified atom stereocenters. The van der Waals surface area contributed by atoms with Crippen molar-refractivity contribution < 1.29 is 14.4 Å². The van der Waals surface area contributed by atoms with Crippen molar-refractivity contribution in [2.75, 3.05) is 13.1 Å². The largest absolute Gasteiger partial charge is 0.335 e. The van der Waals surface area contributed by atoms with Gasteiger partial charge >= 0.3 is 6.03 Å². The summed E-state index contributed by atoms with van der Waals surface area (Å²) in [4.78, 5) is 40.9. The van der Waals surface area contributed by atoms with Crippen LogP contribution in [-0.2, 0) is 9.59 Å². The summed E-state index contributed by atoms with van der Waals surface area (Å²) in [5, 5.41) is 6.17. The Morgan fingerprint density at radius 1 is 1.25 bits per heavy atom. The maximum absolute atomic E-state index is 12.9. The minimum atomic E-state index is -0.756. The summed E-state index contributed by atoms with van der Waals surface area (Å²) in [6, 6.07) is -0.937. The maximum Gasteiger partial charge on any atom is 0.325 e. The number of piperazine rings is 1. The summed E-state index contributed by atoms with van der Waals surface area (Å²) in [6.07, 6.45) is 3.23. The predicted octanol–water partition coefficient (Wildman–Crippen LogP) is 0.870. The smallest absolute Gasteiger partial charge is 0.325 e. The molecule has 2 saturated heterocycles. The Bertz CT molecular complexity index is 535. The lowest BCUT2D eigenvalue weighted by Crippen LogP contribution is -2.61. The highest BCUT2D eigenvalue weighted by Gasteiger charge is 2.55. The number of urea groups is 1. The van der Waals surface area contributed by atoms with E-state index in [1.165, 1.54) is 0 Å². The van der Waals surface area contributed by atoms with E-state index in [0.717, 1.165) is 24.3 Å². The normalized spacial score (nSPS) is 30.3. The molecule has 3 fully saturated rings. The summed E-state index contributed by atoms with van der Waals surface area (Å²) in [7, 11) is 0. The van der Waals surface area contributed by atoms with Gasteiger partial charge in [-0.1, -0.05) is 12.8 Å². The molecule has 8 heteroatoms. The SMILES string of the molecule is CC1NCCN(C(=O)C(C)N2C(=O)NC3(CCCC3)C2=O)C1C.Cl. The number of hydrogen-bond donors (Lipinski definition) is 2. The van der Waals surface area contributed by atoms with Crippen molar-refractivity contribution in [2.24, 2.45) is 0 Å². The second kappa shape index (κ2) is 6.88. The zero-order valence-corrected chi connectivity index (χ0v) is 15.3. The van der Waals surface area contributed by atoms with Gasteiger partial charge in [-0.3, -0.25) is 9.59 Å². The van der Waals surface area contributed by atoms with Crippen LogP contribution in [0.2, 0.25) is 0 Å². The zero-order valence-electron chi connectivity index (χ0n) is 14.5. The van der Waals surface area contributed by atoms with Gasteiger partial charge in [0.15, 0.2) is 0 Å². The second-order valence-corrected chi connectivity index (χ2v) is 7.09. The van der Waals surface area contributed by atoms with Crippen molar-refractivity contribution in [1.29, 1.82) is 0 Å². The number of carbonyl (C=O) groups excluding carboxylic acids is 3. The zero-order chi connectivity index (χ0) is 16.8. The van der Waals surface area contributed by atoms with E-state index < -0.39 is 17.6 Å². The molecule has 3 atom stereocenters. The number of carbonyl (C=O) groups is 3. The fraction of sp³-hybridized carbons (Fsp3) is 0.812. The quantitative estimate of drug-likeness (QED) is 0.718. The lowest BCUT2D eigenvalue weighted by Gasteiger charge is -2.40. The van der Waals surface area contributed by atoms with Gasteiger partial charge in [0.25, 0.3) is 5.91 Å². The third-order valence-corrected chi connectivity index (χ3v) is 5.71. The van der Waals surface area contributed by atoms with E-state index in [2.05, 4.69) is 10.6 Å². The maximum atomic E-state index is 12.9. The van der Waals surface area contributed by atoms with Crippen LogP contribution < -0.4 is 10.6 Å². The lowest BCUT2D eigenvalue weighted by atomic mass is 9.97. The van der Waals surface area contributed by atoms with E-state index in [0.29, 0.717) is 19.4 Å². The highest BCUT2D eigenvalue weighted by molar-refractivity contribution is 6.10. The Balaban J connectivity index is 0.00000208. The molecule has 3 rings (SSSR count). The molecule has 0 aromatic heterocycles. The van der Waals surface area contributed by atoms with Crippen LogP contribution in [0.1, 0.15) is 46.5 Å². The molecule has 1 aliphatic carbocycles. The van der Waals surface area contributed by atoms with Gasteiger partial charge in [-0.15, -0.1) is 12.4 Å². The average molecular weight is 359 g/mol. The summed E-state index contributed by atoms with van der Waals surface area (Å²) in [5.74, 6) is -0.374. The summed E-state index contributed by atoms with van der Waals surface area (Å²) in [5.41, 5.74) is -0.756. The van der Waals surface area contributed by atoms with Crippen LogP contribution >= 0.6 is 12.4 Å². The van der Waals surface area contributed by atoms with Gasteiger partial charge in [0.1, 0.15) is 11.6 Å². The van der Waals surface area contributed by atoms with Gasteiger partial charge in [0, 0.05) is 25.2 Å². The Morgan fingerprint density at radius 2 is 1.88 bits per heavy atom. The molecule has 136 valence electrons. The fourth-order valence-electron chi connectivity index (χ4n) is 4.03. The molecule has 24 heavy (non-hydrogen) atoms. The molecule has 1 saturated carbocycles. The molecule has 1 spiro atoms. The molecule has 0 aromatic rings. The first-order chi connectivity index (χ1) is 10.9. The molecule has 7 nitrogen and oxygen atoms in total. The van der Waals surface area contributed by atoms with Crippen molar-refractivity contribution in [3.63, 3.8) is 0 Å². The van der Waals surface area contributed by atoms with Crippen molar-refractivity contribution in [3.05, 3.63) is 0 Å². The van der Waals surface area contributed by atoms with Crippen LogP contribution in [0, 0.1) is 0 Å². The highest BCUT2D eigenvalue weighted by Crippen LogP contribution is 2.36. The first-order valence-electron chi connectivity index (χ1n) is 8.57. The lowest BCUT2D eigenvalue weighted by molar-refractivity contribution is -0.145. The Hall–Kier alpha value is -1.34. The third-order valence-electron chi connectivity index (χ3n) is 5.71. The van der Waals surface area contributed by atoms with Crippen LogP contribution in [0.15, 0.2) is 0 Å². The summed E-state index contributed by atoms with van der Waals surface area (Å²) >= 11 is 0. The van der Waals surface area contributed by atoms with Crippen molar-refractivity contribution in [2.45, 2.75) is 70.1 Å². The van der Waals surface area contributed by atoms with E-state index >= 15 is 0 Å². The molecule has 3 aliphatic rings. The minimum Gasteiger partial charge on any atom is -0.335 e. The molecule has 0 bridgehead atoms. The molecule has 0 aromatic carbocycles. The monoisotopic (exact) mass is 358 g/mol. The third kappa shape index (κ3) is 2.88. The molecule has 4 amide bonds. The number of rotatable bonds is 2. The van der Waals surface area contributed by atoms with E-state index in [1.54, 1.807) is 11.8 Å². The predicted molar refractivity (Wildman–Crippen MR) is 91.9 cm³/mol. The van der Waals surface area contributed by atoms with Gasteiger partial charge < -0.3 is 15.5 Å². The molecule has 0 radical (unpaired) electrons. The number of halogens is 1.